The quantitative estimate of drug-likeness (QED) is 0.779. The summed E-state index contributed by atoms with van der Waals surface area (Å²) < 4.78 is 40.0. The standard InChI is InChI=1S/C20H22FN3O4S/c1-14(25)22-17-5-2-6-18(12-17)23-20(26)15-4-3-11-24(13-15)29(27,28)19-9-7-16(21)8-10-19/h2,5-10,12,15H,3-4,11,13H2,1H3,(H,22,25)(H,23,26). The van der Waals surface area contributed by atoms with Gasteiger partial charge in [-0.1, -0.05) is 6.07 Å². The molecule has 0 aromatic heterocycles. The third-order valence-electron chi connectivity index (χ3n) is 4.66. The topological polar surface area (TPSA) is 95.6 Å². The highest BCUT2D eigenvalue weighted by atomic mass is 32.2. The van der Waals surface area contributed by atoms with Crippen molar-refractivity contribution in [1.82, 2.24) is 4.31 Å². The summed E-state index contributed by atoms with van der Waals surface area (Å²) in [5.74, 6) is -1.53. The summed E-state index contributed by atoms with van der Waals surface area (Å²) in [5, 5.41) is 5.43. The molecule has 0 bridgehead atoms. The third-order valence-corrected chi connectivity index (χ3v) is 6.54. The summed E-state index contributed by atoms with van der Waals surface area (Å²) in [7, 11) is -3.80. The van der Waals surface area contributed by atoms with Crippen LogP contribution in [0.3, 0.4) is 0 Å². The summed E-state index contributed by atoms with van der Waals surface area (Å²) in [6.45, 7) is 1.75. The third kappa shape index (κ3) is 5.18. The van der Waals surface area contributed by atoms with Crippen molar-refractivity contribution in [3.05, 3.63) is 54.3 Å². The normalized spacial score (nSPS) is 17.5. The molecule has 1 saturated heterocycles. The molecule has 1 unspecified atom stereocenters. The Morgan fingerprint density at radius 3 is 2.38 bits per heavy atom. The van der Waals surface area contributed by atoms with Crippen molar-refractivity contribution < 1.29 is 22.4 Å². The highest BCUT2D eigenvalue weighted by Gasteiger charge is 2.33. The van der Waals surface area contributed by atoms with Gasteiger partial charge in [0.25, 0.3) is 0 Å². The molecule has 0 radical (unpaired) electrons. The van der Waals surface area contributed by atoms with Gasteiger partial charge in [0.05, 0.1) is 10.8 Å². The number of halogens is 1. The molecular weight excluding hydrogens is 397 g/mol. The number of nitrogens with zero attached hydrogens (tertiary/aromatic N) is 1. The Balaban J connectivity index is 1.69. The van der Waals surface area contributed by atoms with Crippen LogP contribution < -0.4 is 10.6 Å². The highest BCUT2D eigenvalue weighted by molar-refractivity contribution is 7.89. The van der Waals surface area contributed by atoms with Gasteiger partial charge in [-0.2, -0.15) is 4.31 Å². The maximum atomic E-state index is 13.1. The molecule has 29 heavy (non-hydrogen) atoms. The molecule has 9 heteroatoms. The second kappa shape index (κ2) is 8.71. The Morgan fingerprint density at radius 2 is 1.72 bits per heavy atom. The average molecular weight is 419 g/mol. The van der Waals surface area contributed by atoms with Gasteiger partial charge in [-0.15, -0.1) is 0 Å². The van der Waals surface area contributed by atoms with Gasteiger partial charge in [0.1, 0.15) is 5.82 Å². The van der Waals surface area contributed by atoms with Crippen molar-refractivity contribution in [2.45, 2.75) is 24.7 Å². The van der Waals surface area contributed by atoms with Gasteiger partial charge in [-0.05, 0) is 55.3 Å². The van der Waals surface area contributed by atoms with Crippen molar-refractivity contribution in [3.8, 4) is 0 Å². The molecular formula is C20H22FN3O4S. The zero-order valence-electron chi connectivity index (χ0n) is 15.9. The van der Waals surface area contributed by atoms with Gasteiger partial charge in [-0.25, -0.2) is 12.8 Å². The number of hydrogen-bond donors (Lipinski definition) is 2. The maximum absolute atomic E-state index is 13.1. The van der Waals surface area contributed by atoms with E-state index >= 15 is 0 Å². The molecule has 2 amide bonds. The summed E-state index contributed by atoms with van der Waals surface area (Å²) in [4.78, 5) is 23.9. The molecule has 3 rings (SSSR count). The fourth-order valence-corrected chi connectivity index (χ4v) is 4.78. The number of hydrogen-bond acceptors (Lipinski definition) is 4. The fourth-order valence-electron chi connectivity index (χ4n) is 3.25. The van der Waals surface area contributed by atoms with E-state index in [1.54, 1.807) is 24.3 Å². The van der Waals surface area contributed by atoms with Gasteiger partial charge in [-0.3, -0.25) is 9.59 Å². The first-order valence-electron chi connectivity index (χ1n) is 9.20. The minimum atomic E-state index is -3.80. The minimum absolute atomic E-state index is 0.00275. The fraction of sp³-hybridized carbons (Fsp3) is 0.300. The van der Waals surface area contributed by atoms with Gasteiger partial charge >= 0.3 is 0 Å². The maximum Gasteiger partial charge on any atom is 0.243 e. The van der Waals surface area contributed by atoms with Crippen molar-refractivity contribution in [2.75, 3.05) is 23.7 Å². The van der Waals surface area contributed by atoms with Crippen LogP contribution in [0.5, 0.6) is 0 Å². The molecule has 0 spiro atoms. The van der Waals surface area contributed by atoms with Gasteiger partial charge in [0.15, 0.2) is 0 Å². The lowest BCUT2D eigenvalue weighted by atomic mass is 9.98. The summed E-state index contributed by atoms with van der Waals surface area (Å²) in [6.07, 6.45) is 1.11. The first kappa shape index (κ1) is 20.9. The molecule has 1 aliphatic rings. The highest BCUT2D eigenvalue weighted by Crippen LogP contribution is 2.25. The first-order chi connectivity index (χ1) is 13.8. The van der Waals surface area contributed by atoms with E-state index in [2.05, 4.69) is 10.6 Å². The second-order valence-electron chi connectivity index (χ2n) is 6.91. The Hall–Kier alpha value is -2.78. The molecule has 2 aromatic carbocycles. The van der Waals surface area contributed by atoms with Crippen LogP contribution in [-0.4, -0.2) is 37.6 Å². The largest absolute Gasteiger partial charge is 0.326 e. The molecule has 0 aliphatic carbocycles. The molecule has 1 aliphatic heterocycles. The van der Waals surface area contributed by atoms with Gasteiger partial charge in [0, 0.05) is 31.4 Å². The SMILES string of the molecule is CC(=O)Nc1cccc(NC(=O)C2CCCN(S(=O)(=O)c3ccc(F)cc3)C2)c1. The van der Waals surface area contributed by atoms with Gasteiger partial charge in [0.2, 0.25) is 21.8 Å². The van der Waals surface area contributed by atoms with E-state index in [1.165, 1.54) is 23.4 Å². The van der Waals surface area contributed by atoms with Crippen LogP contribution in [0, 0.1) is 11.7 Å². The van der Waals surface area contributed by atoms with E-state index in [4.69, 9.17) is 0 Å². The Morgan fingerprint density at radius 1 is 1.07 bits per heavy atom. The Bertz CT molecular complexity index is 1010. The molecule has 2 aromatic rings. The van der Waals surface area contributed by atoms with Crippen molar-refractivity contribution >= 4 is 33.2 Å². The zero-order chi connectivity index (χ0) is 21.0. The number of rotatable bonds is 5. The zero-order valence-corrected chi connectivity index (χ0v) is 16.7. The van der Waals surface area contributed by atoms with Crippen LogP contribution in [0.15, 0.2) is 53.4 Å². The number of nitrogens with one attached hydrogen (secondary N) is 2. The number of amides is 2. The number of carbonyl (C=O) groups excluding carboxylic acids is 2. The Kier molecular flexibility index (Phi) is 6.29. The number of carbonyl (C=O) groups is 2. The van der Waals surface area contributed by atoms with Crippen LogP contribution in [0.4, 0.5) is 15.8 Å². The molecule has 7 nitrogen and oxygen atoms in total. The molecule has 1 heterocycles. The number of benzene rings is 2. The summed E-state index contributed by atoms with van der Waals surface area (Å²) in [5.41, 5.74) is 1.07. The Labute approximate surface area is 169 Å². The van der Waals surface area contributed by atoms with Crippen LogP contribution >= 0.6 is 0 Å². The summed E-state index contributed by atoms with van der Waals surface area (Å²) >= 11 is 0. The summed E-state index contributed by atoms with van der Waals surface area (Å²) in [6, 6.07) is 11.4. The first-order valence-corrected chi connectivity index (χ1v) is 10.6. The van der Waals surface area contributed by atoms with Crippen molar-refractivity contribution in [1.29, 1.82) is 0 Å². The van der Waals surface area contributed by atoms with E-state index in [0.717, 1.165) is 12.1 Å². The molecule has 154 valence electrons. The molecule has 2 N–H and O–H groups in total. The van der Waals surface area contributed by atoms with Crippen molar-refractivity contribution in [3.63, 3.8) is 0 Å². The molecule has 0 saturated carbocycles. The average Bonchev–Trinajstić information content (AvgIpc) is 2.68. The van der Waals surface area contributed by atoms with E-state index in [1.807, 2.05) is 0 Å². The smallest absolute Gasteiger partial charge is 0.243 e. The van der Waals surface area contributed by atoms with Crippen LogP contribution in [0.25, 0.3) is 0 Å². The van der Waals surface area contributed by atoms with Gasteiger partial charge < -0.3 is 10.6 Å². The predicted octanol–water partition coefficient (Wildman–Crippen LogP) is 2.82. The minimum Gasteiger partial charge on any atom is -0.326 e. The lowest BCUT2D eigenvalue weighted by Gasteiger charge is -2.31. The lowest BCUT2D eigenvalue weighted by Crippen LogP contribution is -2.43. The van der Waals surface area contributed by atoms with E-state index in [-0.39, 0.29) is 23.3 Å². The van der Waals surface area contributed by atoms with Crippen molar-refractivity contribution in [2.24, 2.45) is 5.92 Å². The van der Waals surface area contributed by atoms with E-state index in [0.29, 0.717) is 30.8 Å². The predicted molar refractivity (Wildman–Crippen MR) is 107 cm³/mol. The van der Waals surface area contributed by atoms with Crippen LogP contribution in [0.1, 0.15) is 19.8 Å². The van der Waals surface area contributed by atoms with Crippen LogP contribution in [0.2, 0.25) is 0 Å². The van der Waals surface area contributed by atoms with E-state index < -0.39 is 21.8 Å². The monoisotopic (exact) mass is 419 g/mol. The second-order valence-corrected chi connectivity index (χ2v) is 8.85. The number of piperidine rings is 1. The number of anilines is 2. The molecule has 1 atom stereocenters. The number of sulfonamides is 1. The molecule has 1 fully saturated rings. The van der Waals surface area contributed by atoms with E-state index in [9.17, 15) is 22.4 Å². The van der Waals surface area contributed by atoms with Crippen LogP contribution in [-0.2, 0) is 19.6 Å². The lowest BCUT2D eigenvalue weighted by molar-refractivity contribution is -0.121.